The minimum Gasteiger partial charge on any atom is -0.485 e. The van der Waals surface area contributed by atoms with Gasteiger partial charge in [0.05, 0.1) is 19.0 Å². The van der Waals surface area contributed by atoms with Crippen molar-refractivity contribution in [3.63, 3.8) is 0 Å². The molecule has 0 spiro atoms. The molecule has 4 aromatic rings. The molecule has 2 aromatic carbocycles. The summed E-state index contributed by atoms with van der Waals surface area (Å²) in [7, 11) is 1.36. The van der Waals surface area contributed by atoms with Gasteiger partial charge in [-0.1, -0.05) is 36.4 Å². The molecule has 0 unspecified atom stereocenters. The summed E-state index contributed by atoms with van der Waals surface area (Å²) in [6.45, 7) is 1.20. The van der Waals surface area contributed by atoms with Gasteiger partial charge in [-0.25, -0.2) is 23.6 Å². The van der Waals surface area contributed by atoms with Gasteiger partial charge >= 0.3 is 18.4 Å². The minimum absolute atomic E-state index is 0.00194. The first kappa shape index (κ1) is 30.3. The zero-order valence-electron chi connectivity index (χ0n) is 23.3. The molecule has 0 radical (unpaired) electrons. The topological polar surface area (TPSA) is 116 Å². The maximum Gasteiger partial charge on any atom is 0.511 e. The third-order valence-electron chi connectivity index (χ3n) is 7.16. The van der Waals surface area contributed by atoms with E-state index in [1.54, 1.807) is 4.90 Å². The number of hydrogen-bond acceptors (Lipinski definition) is 7. The Balaban J connectivity index is 1.34. The molecule has 0 aliphatic carbocycles. The van der Waals surface area contributed by atoms with Crippen LogP contribution in [0.5, 0.6) is 11.5 Å². The highest BCUT2D eigenvalue weighted by atomic mass is 19.4. The Morgan fingerprint density at radius 3 is 2.39 bits per heavy atom. The summed E-state index contributed by atoms with van der Waals surface area (Å²) in [6.07, 6.45) is -5.08. The number of pyridine rings is 1. The van der Waals surface area contributed by atoms with E-state index in [4.69, 9.17) is 14.6 Å². The number of alkyl halides is 3. The molecule has 1 aliphatic rings. The van der Waals surface area contributed by atoms with Gasteiger partial charge in [0.2, 0.25) is 0 Å². The van der Waals surface area contributed by atoms with E-state index in [-0.39, 0.29) is 41.4 Å². The molecule has 0 saturated carbocycles. The number of amides is 1. The van der Waals surface area contributed by atoms with Gasteiger partial charge in [-0.2, -0.15) is 18.3 Å². The Morgan fingerprint density at radius 1 is 1.02 bits per heavy atom. The predicted octanol–water partition coefficient (Wildman–Crippen LogP) is 6.67. The van der Waals surface area contributed by atoms with Crippen LogP contribution in [0.2, 0.25) is 0 Å². The number of hydrogen-bond donors (Lipinski definition) is 1. The Hall–Kier alpha value is -5.14. The Labute approximate surface area is 248 Å². The van der Waals surface area contributed by atoms with E-state index in [1.165, 1.54) is 43.5 Å². The van der Waals surface area contributed by atoms with Crippen molar-refractivity contribution < 1.29 is 46.5 Å². The molecule has 1 amide bonds. The molecule has 1 N–H and O–H groups in total. The third-order valence-corrected chi connectivity index (χ3v) is 7.16. The second-order valence-electron chi connectivity index (χ2n) is 9.89. The first-order chi connectivity index (χ1) is 21.0. The summed E-state index contributed by atoms with van der Waals surface area (Å²) >= 11 is 0. The fourth-order valence-corrected chi connectivity index (χ4v) is 5.05. The molecule has 10 nitrogen and oxygen atoms in total. The van der Waals surface area contributed by atoms with E-state index in [1.807, 2.05) is 24.3 Å². The number of likely N-dealkylation sites (tertiary alicyclic amines) is 1. The lowest BCUT2D eigenvalue weighted by atomic mass is 9.89. The van der Waals surface area contributed by atoms with Crippen LogP contribution in [0.4, 0.5) is 27.2 Å². The average Bonchev–Trinajstić information content (AvgIpc) is 3.44. The smallest absolute Gasteiger partial charge is 0.485 e. The number of para-hydroxylation sites is 1. The molecule has 1 saturated heterocycles. The minimum atomic E-state index is -5.03. The van der Waals surface area contributed by atoms with E-state index in [0.29, 0.717) is 24.0 Å². The van der Waals surface area contributed by atoms with Gasteiger partial charge < -0.3 is 24.2 Å². The number of benzene rings is 2. The lowest BCUT2D eigenvalue weighted by Crippen LogP contribution is -2.37. The number of rotatable bonds is 7. The van der Waals surface area contributed by atoms with Crippen molar-refractivity contribution in [3.8, 4) is 28.6 Å². The van der Waals surface area contributed by atoms with Crippen LogP contribution in [0, 0.1) is 5.82 Å². The summed E-state index contributed by atoms with van der Waals surface area (Å²) < 4.78 is 71.8. The molecule has 5 rings (SSSR count). The largest absolute Gasteiger partial charge is 0.511 e. The Kier molecular flexibility index (Phi) is 8.69. The molecular formula is C30H26F4N4O6. The van der Waals surface area contributed by atoms with Gasteiger partial charge in [-0.3, -0.25) is 0 Å². The summed E-state index contributed by atoms with van der Waals surface area (Å²) in [5, 5.41) is 12.4. The van der Waals surface area contributed by atoms with E-state index in [9.17, 15) is 22.8 Å². The third kappa shape index (κ3) is 6.58. The van der Waals surface area contributed by atoms with Crippen LogP contribution in [0.15, 0.2) is 66.9 Å². The number of carbonyl (C=O) groups excluding carboxylic acids is 1. The highest BCUT2D eigenvalue weighted by Gasteiger charge is 2.41. The van der Waals surface area contributed by atoms with E-state index < -0.39 is 29.6 Å². The number of halogens is 4. The highest BCUT2D eigenvalue weighted by molar-refractivity contribution is 5.68. The summed E-state index contributed by atoms with van der Waals surface area (Å²) in [5.74, 6) is -1.89. The quantitative estimate of drug-likeness (QED) is 0.181. The van der Waals surface area contributed by atoms with Crippen LogP contribution in [0.3, 0.4) is 0 Å². The van der Waals surface area contributed by atoms with Crippen LogP contribution in [-0.4, -0.2) is 57.2 Å². The van der Waals surface area contributed by atoms with E-state index in [2.05, 4.69) is 14.8 Å². The standard InChI is InChI=1S/C30H26F4N4O6/c1-42-28(39)37-14-12-20(13-15-37)19-10-8-18(9-11-19)17-43-26-21(4-2-5-22(26)31)23-6-3-7-25(36-23)38-27(30(32,33)34)24(16-35-38)44-29(40)41/h2-11,16,20H,12-15,17H2,1H3,(H,40,41). The fraction of sp³-hybridized carbons (Fsp3) is 0.267. The van der Waals surface area contributed by atoms with Gasteiger partial charge in [-0.05, 0) is 54.2 Å². The second kappa shape index (κ2) is 12.6. The molecule has 1 aliphatic heterocycles. The zero-order valence-corrected chi connectivity index (χ0v) is 23.3. The second-order valence-corrected chi connectivity index (χ2v) is 9.89. The number of ether oxygens (including phenoxy) is 3. The molecule has 0 atom stereocenters. The van der Waals surface area contributed by atoms with Gasteiger partial charge in [-0.15, -0.1) is 0 Å². The van der Waals surface area contributed by atoms with Crippen molar-refractivity contribution in [1.82, 2.24) is 19.7 Å². The number of carboxylic acid groups (broad SMARTS) is 1. The zero-order chi connectivity index (χ0) is 31.4. The lowest BCUT2D eigenvalue weighted by Gasteiger charge is -2.31. The van der Waals surface area contributed by atoms with Gasteiger partial charge in [0, 0.05) is 18.7 Å². The van der Waals surface area contributed by atoms with Crippen molar-refractivity contribution in [2.75, 3.05) is 20.2 Å². The summed E-state index contributed by atoms with van der Waals surface area (Å²) in [5.41, 5.74) is 0.671. The number of piperidine rings is 1. The normalized spacial score (nSPS) is 13.9. The van der Waals surface area contributed by atoms with Crippen molar-refractivity contribution in [3.05, 3.63) is 89.5 Å². The van der Waals surface area contributed by atoms with Crippen molar-refractivity contribution in [2.45, 2.75) is 31.5 Å². The first-order valence-electron chi connectivity index (χ1n) is 13.4. The molecule has 3 heterocycles. The molecule has 14 heteroatoms. The molecule has 0 bridgehead atoms. The van der Waals surface area contributed by atoms with Crippen molar-refractivity contribution >= 4 is 12.2 Å². The van der Waals surface area contributed by atoms with Crippen LogP contribution in [-0.2, 0) is 17.5 Å². The lowest BCUT2D eigenvalue weighted by molar-refractivity contribution is -0.143. The van der Waals surface area contributed by atoms with Crippen molar-refractivity contribution in [1.29, 1.82) is 0 Å². The predicted molar refractivity (Wildman–Crippen MR) is 147 cm³/mol. The number of aromatic nitrogens is 3. The van der Waals surface area contributed by atoms with Gasteiger partial charge in [0.1, 0.15) is 6.61 Å². The van der Waals surface area contributed by atoms with Crippen LogP contribution >= 0.6 is 0 Å². The number of carbonyl (C=O) groups is 2. The van der Waals surface area contributed by atoms with Gasteiger partial charge in [0.15, 0.2) is 28.8 Å². The molecular weight excluding hydrogens is 588 g/mol. The Bertz CT molecular complexity index is 1650. The van der Waals surface area contributed by atoms with E-state index in [0.717, 1.165) is 24.0 Å². The molecule has 230 valence electrons. The molecule has 1 fully saturated rings. The Morgan fingerprint density at radius 2 is 1.73 bits per heavy atom. The highest BCUT2D eigenvalue weighted by Crippen LogP contribution is 2.38. The SMILES string of the molecule is COC(=O)N1CCC(c2ccc(COc3c(F)cccc3-c3cccc(-n4ncc(OC(=O)O)c4C(F)(F)F)n3)cc2)CC1. The summed E-state index contributed by atoms with van der Waals surface area (Å²) in [4.78, 5) is 28.5. The van der Waals surface area contributed by atoms with Crippen LogP contribution in [0.25, 0.3) is 17.1 Å². The number of methoxy groups -OCH3 is 1. The fourth-order valence-electron chi connectivity index (χ4n) is 5.05. The van der Waals surface area contributed by atoms with Crippen molar-refractivity contribution in [2.24, 2.45) is 0 Å². The molecule has 2 aromatic heterocycles. The van der Waals surface area contributed by atoms with Crippen LogP contribution < -0.4 is 9.47 Å². The van der Waals surface area contributed by atoms with E-state index >= 15 is 4.39 Å². The summed E-state index contributed by atoms with van der Waals surface area (Å²) in [6, 6.07) is 15.9. The van der Waals surface area contributed by atoms with Gasteiger partial charge in [0.25, 0.3) is 0 Å². The monoisotopic (exact) mass is 614 g/mol. The number of nitrogens with zero attached hydrogens (tertiary/aromatic N) is 4. The average molecular weight is 615 g/mol. The molecule has 44 heavy (non-hydrogen) atoms. The first-order valence-corrected chi connectivity index (χ1v) is 13.4. The maximum absolute atomic E-state index is 15.0. The maximum atomic E-state index is 15.0. The van der Waals surface area contributed by atoms with Crippen LogP contribution in [0.1, 0.15) is 35.6 Å².